The molecule has 0 unspecified atom stereocenters. The van der Waals surface area contributed by atoms with Crippen molar-refractivity contribution in [3.8, 4) is 11.5 Å². The van der Waals surface area contributed by atoms with E-state index in [-0.39, 0.29) is 17.9 Å². The van der Waals surface area contributed by atoms with Crippen molar-refractivity contribution in [2.45, 2.75) is 38.8 Å². The van der Waals surface area contributed by atoms with Gasteiger partial charge in [0.1, 0.15) is 17.9 Å². The molecule has 31 heavy (non-hydrogen) atoms. The summed E-state index contributed by atoms with van der Waals surface area (Å²) in [7, 11) is 0. The number of aromatic hydroxyl groups is 1. The third kappa shape index (κ3) is 5.28. The molecule has 0 aliphatic carbocycles. The van der Waals surface area contributed by atoms with Crippen LogP contribution in [-0.4, -0.2) is 52.0 Å². The van der Waals surface area contributed by atoms with E-state index in [0.717, 1.165) is 17.9 Å². The van der Waals surface area contributed by atoms with E-state index in [1.54, 1.807) is 43.3 Å². The molecule has 1 aromatic heterocycles. The maximum Gasteiger partial charge on any atom is 0.255 e. The zero-order valence-electron chi connectivity index (χ0n) is 17.3. The number of carbonyl (C=O) groups is 2. The molecule has 1 saturated heterocycles. The van der Waals surface area contributed by atoms with Crippen LogP contribution in [0.2, 0.25) is 0 Å². The molecular formula is C22H25F2N3O4. The first-order valence-corrected chi connectivity index (χ1v) is 10.1. The SMILES string of the molecule is CC(C)[C@H](NC(=O)c1ccc(F)c(F)c1O)C(=O)N1CCC(Oc2ccncc2)CC1. The maximum atomic E-state index is 13.6. The molecule has 2 aromatic rings. The normalized spacial score (nSPS) is 15.6. The summed E-state index contributed by atoms with van der Waals surface area (Å²) in [6, 6.07) is 4.40. The first kappa shape index (κ1) is 22.5. The standard InChI is InChI=1S/C22H25F2N3O4/c1-13(2)19(26-21(29)16-3-4-17(23)18(24)20(16)28)22(30)27-11-7-15(8-12-27)31-14-5-9-25-10-6-14/h3-6,9-10,13,15,19,28H,7-8,11-12H2,1-2H3,(H,26,29)/t19-/m0/s1. The summed E-state index contributed by atoms with van der Waals surface area (Å²) in [4.78, 5) is 31.2. The first-order chi connectivity index (χ1) is 14.8. The maximum absolute atomic E-state index is 13.6. The van der Waals surface area contributed by atoms with Gasteiger partial charge in [-0.3, -0.25) is 14.6 Å². The Labute approximate surface area is 179 Å². The van der Waals surface area contributed by atoms with Crippen LogP contribution in [0.1, 0.15) is 37.0 Å². The Bertz CT molecular complexity index is 932. The lowest BCUT2D eigenvalue weighted by Crippen LogP contribution is -2.53. The second-order valence-electron chi connectivity index (χ2n) is 7.78. The Kier molecular flexibility index (Phi) is 7.04. The number of carbonyl (C=O) groups excluding carboxylic acids is 2. The van der Waals surface area contributed by atoms with Crippen molar-refractivity contribution in [1.29, 1.82) is 0 Å². The van der Waals surface area contributed by atoms with Crippen LogP contribution in [0.4, 0.5) is 8.78 Å². The Morgan fingerprint density at radius 3 is 2.42 bits per heavy atom. The number of phenols is 1. The lowest BCUT2D eigenvalue weighted by Gasteiger charge is -2.35. The molecule has 166 valence electrons. The number of nitrogens with one attached hydrogen (secondary N) is 1. The van der Waals surface area contributed by atoms with E-state index in [2.05, 4.69) is 10.3 Å². The number of hydrogen-bond donors (Lipinski definition) is 2. The van der Waals surface area contributed by atoms with Crippen molar-refractivity contribution in [2.24, 2.45) is 5.92 Å². The fourth-order valence-corrected chi connectivity index (χ4v) is 3.46. The second-order valence-corrected chi connectivity index (χ2v) is 7.78. The van der Waals surface area contributed by atoms with Crippen LogP contribution in [0, 0.1) is 17.6 Å². The van der Waals surface area contributed by atoms with E-state index < -0.39 is 34.9 Å². The molecule has 0 saturated carbocycles. The quantitative estimate of drug-likeness (QED) is 0.731. The van der Waals surface area contributed by atoms with Gasteiger partial charge in [-0.2, -0.15) is 4.39 Å². The first-order valence-electron chi connectivity index (χ1n) is 10.1. The number of hydrogen-bond acceptors (Lipinski definition) is 5. The van der Waals surface area contributed by atoms with Crippen molar-refractivity contribution in [1.82, 2.24) is 15.2 Å². The number of halogens is 2. The van der Waals surface area contributed by atoms with Crippen LogP contribution in [0.15, 0.2) is 36.7 Å². The van der Waals surface area contributed by atoms with Gasteiger partial charge >= 0.3 is 0 Å². The molecule has 0 bridgehead atoms. The van der Waals surface area contributed by atoms with E-state index in [1.165, 1.54) is 0 Å². The molecule has 3 rings (SSSR count). The highest BCUT2D eigenvalue weighted by Crippen LogP contribution is 2.24. The number of ether oxygens (including phenoxy) is 1. The molecule has 1 fully saturated rings. The number of likely N-dealkylation sites (tertiary alicyclic amines) is 1. The van der Waals surface area contributed by atoms with Gasteiger partial charge in [-0.25, -0.2) is 4.39 Å². The molecule has 1 aliphatic heterocycles. The van der Waals surface area contributed by atoms with Gasteiger partial charge in [0.25, 0.3) is 5.91 Å². The average molecular weight is 433 g/mol. The Balaban J connectivity index is 1.62. The number of piperidine rings is 1. The van der Waals surface area contributed by atoms with Crippen molar-refractivity contribution in [3.63, 3.8) is 0 Å². The van der Waals surface area contributed by atoms with Crippen LogP contribution in [-0.2, 0) is 4.79 Å². The van der Waals surface area contributed by atoms with Crippen molar-refractivity contribution < 1.29 is 28.2 Å². The summed E-state index contributed by atoms with van der Waals surface area (Å²) in [6.07, 6.45) is 4.54. The fourth-order valence-electron chi connectivity index (χ4n) is 3.46. The third-order valence-corrected chi connectivity index (χ3v) is 5.24. The average Bonchev–Trinajstić information content (AvgIpc) is 2.76. The van der Waals surface area contributed by atoms with Crippen LogP contribution in [0.5, 0.6) is 11.5 Å². The van der Waals surface area contributed by atoms with Crippen molar-refractivity contribution in [2.75, 3.05) is 13.1 Å². The number of pyridine rings is 1. The van der Waals surface area contributed by atoms with Crippen molar-refractivity contribution >= 4 is 11.8 Å². The molecule has 0 radical (unpaired) electrons. The van der Waals surface area contributed by atoms with Crippen LogP contribution in [0.3, 0.4) is 0 Å². The number of phenolic OH excluding ortho intramolecular Hbond substituents is 1. The van der Waals surface area contributed by atoms with Crippen molar-refractivity contribution in [3.05, 3.63) is 53.9 Å². The molecule has 2 N–H and O–H groups in total. The monoisotopic (exact) mass is 433 g/mol. The summed E-state index contributed by atoms with van der Waals surface area (Å²) in [5, 5.41) is 12.3. The van der Waals surface area contributed by atoms with Gasteiger partial charge in [0.15, 0.2) is 11.6 Å². The zero-order chi connectivity index (χ0) is 22.5. The molecule has 1 atom stereocenters. The predicted molar refractivity (Wildman–Crippen MR) is 109 cm³/mol. The molecule has 7 nitrogen and oxygen atoms in total. The number of amides is 2. The minimum Gasteiger partial charge on any atom is -0.504 e. The van der Waals surface area contributed by atoms with E-state index >= 15 is 0 Å². The Hall–Kier alpha value is -3.23. The minimum absolute atomic E-state index is 0.0299. The molecule has 2 heterocycles. The summed E-state index contributed by atoms with van der Waals surface area (Å²) in [5.41, 5.74) is -0.429. The Morgan fingerprint density at radius 1 is 1.16 bits per heavy atom. The topological polar surface area (TPSA) is 91.8 Å². The van der Waals surface area contributed by atoms with Gasteiger partial charge in [-0.15, -0.1) is 0 Å². The highest BCUT2D eigenvalue weighted by molar-refractivity contribution is 5.99. The van der Waals surface area contributed by atoms with Gasteiger partial charge in [-0.1, -0.05) is 13.8 Å². The molecule has 1 aromatic carbocycles. The van der Waals surface area contributed by atoms with E-state index in [0.29, 0.717) is 25.9 Å². The van der Waals surface area contributed by atoms with Gasteiger partial charge in [0, 0.05) is 38.3 Å². The summed E-state index contributed by atoms with van der Waals surface area (Å²) in [5.74, 6) is -4.50. The number of aromatic nitrogens is 1. The lowest BCUT2D eigenvalue weighted by atomic mass is 9.99. The van der Waals surface area contributed by atoms with E-state index in [1.807, 2.05) is 0 Å². The van der Waals surface area contributed by atoms with Crippen LogP contribution >= 0.6 is 0 Å². The van der Waals surface area contributed by atoms with Gasteiger partial charge in [0.2, 0.25) is 11.7 Å². The highest BCUT2D eigenvalue weighted by atomic mass is 19.2. The molecule has 1 aliphatic rings. The fraction of sp³-hybridized carbons (Fsp3) is 0.409. The van der Waals surface area contributed by atoms with Crippen LogP contribution in [0.25, 0.3) is 0 Å². The summed E-state index contributed by atoms with van der Waals surface area (Å²) in [6.45, 7) is 4.47. The third-order valence-electron chi connectivity index (χ3n) is 5.24. The smallest absolute Gasteiger partial charge is 0.255 e. The zero-order valence-corrected chi connectivity index (χ0v) is 17.3. The summed E-state index contributed by atoms with van der Waals surface area (Å²) >= 11 is 0. The molecular weight excluding hydrogens is 408 g/mol. The Morgan fingerprint density at radius 2 is 1.81 bits per heavy atom. The molecule has 2 amide bonds. The lowest BCUT2D eigenvalue weighted by molar-refractivity contribution is -0.136. The second kappa shape index (κ2) is 9.72. The number of nitrogens with zero attached hydrogens (tertiary/aromatic N) is 2. The van der Waals surface area contributed by atoms with E-state index in [9.17, 15) is 23.5 Å². The highest BCUT2D eigenvalue weighted by Gasteiger charge is 2.32. The van der Waals surface area contributed by atoms with Gasteiger partial charge in [0.05, 0.1) is 5.56 Å². The van der Waals surface area contributed by atoms with Gasteiger partial charge in [-0.05, 0) is 30.2 Å². The largest absolute Gasteiger partial charge is 0.504 e. The summed E-state index contributed by atoms with van der Waals surface area (Å²) < 4.78 is 32.7. The number of benzene rings is 1. The molecule has 9 heteroatoms. The van der Waals surface area contributed by atoms with Gasteiger partial charge < -0.3 is 20.1 Å². The predicted octanol–water partition coefficient (Wildman–Crippen LogP) is 2.89. The minimum atomic E-state index is -1.50. The molecule has 0 spiro atoms. The van der Waals surface area contributed by atoms with Crippen LogP contribution < -0.4 is 10.1 Å². The van der Waals surface area contributed by atoms with E-state index in [4.69, 9.17) is 4.74 Å². The number of rotatable bonds is 6.